The Balaban J connectivity index is 1.90. The van der Waals surface area contributed by atoms with Gasteiger partial charge in [0.25, 0.3) is 0 Å². The summed E-state index contributed by atoms with van der Waals surface area (Å²) in [6.07, 6.45) is -1.21. The van der Waals surface area contributed by atoms with Crippen molar-refractivity contribution in [2.24, 2.45) is 5.92 Å². The van der Waals surface area contributed by atoms with Crippen molar-refractivity contribution < 1.29 is 18.0 Å². The minimum Gasteiger partial charge on any atom is -0.311 e. The maximum absolute atomic E-state index is 12.9. The highest BCUT2D eigenvalue weighted by molar-refractivity contribution is 5.98. The lowest BCUT2D eigenvalue weighted by molar-refractivity contribution is -0.137. The number of rotatable bonds is 2. The van der Waals surface area contributed by atoms with Gasteiger partial charge in [0.1, 0.15) is 0 Å². The van der Waals surface area contributed by atoms with Crippen LogP contribution in [0.2, 0.25) is 0 Å². The van der Waals surface area contributed by atoms with Crippen molar-refractivity contribution >= 4 is 5.78 Å². The standard InChI is InChI=1S/C16H15F3N2O/c17-16(18,19)12-4-9(8-20)3-10(5-12)15(22)11-6-13-1-2-14(7-11)21-13/h3-5,11,13-14,21H,1-2,6-7H2. The zero-order valence-corrected chi connectivity index (χ0v) is 11.8. The molecule has 2 heterocycles. The molecule has 0 aromatic heterocycles. The number of fused-ring (bicyclic) bond motifs is 2. The van der Waals surface area contributed by atoms with Gasteiger partial charge in [-0.2, -0.15) is 18.4 Å². The van der Waals surface area contributed by atoms with Gasteiger partial charge in [-0.05, 0) is 43.9 Å². The summed E-state index contributed by atoms with van der Waals surface area (Å²) in [4.78, 5) is 12.6. The van der Waals surface area contributed by atoms with Gasteiger partial charge in [0.15, 0.2) is 5.78 Å². The number of carbonyl (C=O) groups is 1. The number of nitriles is 1. The number of ketones is 1. The molecule has 3 nitrogen and oxygen atoms in total. The van der Waals surface area contributed by atoms with Crippen LogP contribution in [0, 0.1) is 17.2 Å². The van der Waals surface area contributed by atoms with Gasteiger partial charge >= 0.3 is 6.18 Å². The molecule has 1 aromatic rings. The van der Waals surface area contributed by atoms with Gasteiger partial charge in [0.05, 0.1) is 17.2 Å². The second kappa shape index (κ2) is 5.40. The van der Waals surface area contributed by atoms with Gasteiger partial charge in [-0.25, -0.2) is 0 Å². The molecule has 2 aliphatic rings. The molecule has 2 saturated heterocycles. The first-order chi connectivity index (χ1) is 10.4. The Morgan fingerprint density at radius 2 is 1.82 bits per heavy atom. The van der Waals surface area contributed by atoms with E-state index in [0.29, 0.717) is 12.8 Å². The molecule has 1 N–H and O–H groups in total. The van der Waals surface area contributed by atoms with Crippen LogP contribution in [0.3, 0.4) is 0 Å². The highest BCUT2D eigenvalue weighted by Gasteiger charge is 2.38. The minimum absolute atomic E-state index is 0.00215. The van der Waals surface area contributed by atoms with Gasteiger partial charge in [0.2, 0.25) is 0 Å². The van der Waals surface area contributed by atoms with Gasteiger partial charge in [-0.1, -0.05) is 0 Å². The predicted octanol–water partition coefficient (Wildman–Crippen LogP) is 3.29. The molecular formula is C16H15F3N2O. The Hall–Kier alpha value is -1.87. The minimum atomic E-state index is -4.56. The smallest absolute Gasteiger partial charge is 0.311 e. The Morgan fingerprint density at radius 1 is 1.18 bits per heavy atom. The van der Waals surface area contributed by atoms with Crippen LogP contribution in [0.5, 0.6) is 0 Å². The summed E-state index contributed by atoms with van der Waals surface area (Å²) < 4.78 is 38.7. The van der Waals surface area contributed by atoms with Crippen LogP contribution in [0.15, 0.2) is 18.2 Å². The average molecular weight is 308 g/mol. The number of hydrogen-bond donors (Lipinski definition) is 1. The number of alkyl halides is 3. The molecule has 22 heavy (non-hydrogen) atoms. The van der Waals surface area contributed by atoms with E-state index in [-0.39, 0.29) is 34.9 Å². The van der Waals surface area contributed by atoms with Crippen LogP contribution in [0.4, 0.5) is 13.2 Å². The van der Waals surface area contributed by atoms with Crippen molar-refractivity contribution in [3.63, 3.8) is 0 Å². The second-order valence-electron chi connectivity index (χ2n) is 6.08. The highest BCUT2D eigenvalue weighted by atomic mass is 19.4. The molecule has 0 spiro atoms. The van der Waals surface area contributed by atoms with E-state index in [4.69, 9.17) is 5.26 Å². The summed E-state index contributed by atoms with van der Waals surface area (Å²) >= 11 is 0. The molecule has 0 saturated carbocycles. The molecule has 2 bridgehead atoms. The number of hydrogen-bond acceptors (Lipinski definition) is 3. The summed E-state index contributed by atoms with van der Waals surface area (Å²) in [5.41, 5.74) is -1.07. The van der Waals surface area contributed by atoms with E-state index < -0.39 is 11.7 Å². The Labute approximate surface area is 126 Å². The molecule has 0 amide bonds. The fraction of sp³-hybridized carbons (Fsp3) is 0.500. The van der Waals surface area contributed by atoms with Crippen LogP contribution in [0.25, 0.3) is 0 Å². The lowest BCUT2D eigenvalue weighted by Crippen LogP contribution is -2.40. The van der Waals surface area contributed by atoms with Crippen molar-refractivity contribution in [3.05, 3.63) is 34.9 Å². The maximum atomic E-state index is 12.9. The molecule has 2 aliphatic heterocycles. The van der Waals surface area contributed by atoms with Gasteiger partial charge in [-0.15, -0.1) is 0 Å². The van der Waals surface area contributed by atoms with E-state index in [0.717, 1.165) is 25.0 Å². The third kappa shape index (κ3) is 2.86. The van der Waals surface area contributed by atoms with Crippen molar-refractivity contribution in [1.82, 2.24) is 5.32 Å². The third-order valence-electron chi connectivity index (χ3n) is 4.52. The van der Waals surface area contributed by atoms with Gasteiger partial charge in [-0.3, -0.25) is 4.79 Å². The fourth-order valence-corrected chi connectivity index (χ4v) is 3.51. The van der Waals surface area contributed by atoms with Gasteiger partial charge < -0.3 is 5.32 Å². The zero-order chi connectivity index (χ0) is 15.9. The SMILES string of the molecule is N#Cc1cc(C(=O)C2CC3CCC(C2)N3)cc(C(F)(F)F)c1. The van der Waals surface area contributed by atoms with Gasteiger partial charge in [0, 0.05) is 23.6 Å². The van der Waals surface area contributed by atoms with E-state index in [1.807, 2.05) is 0 Å². The Morgan fingerprint density at radius 3 is 2.36 bits per heavy atom. The summed E-state index contributed by atoms with van der Waals surface area (Å²) in [5, 5.41) is 12.3. The van der Waals surface area contributed by atoms with Crippen LogP contribution in [0.1, 0.15) is 47.2 Å². The highest BCUT2D eigenvalue weighted by Crippen LogP contribution is 2.35. The first kappa shape index (κ1) is 15.0. The summed E-state index contributed by atoms with van der Waals surface area (Å²) in [6, 6.07) is 5.19. The predicted molar refractivity (Wildman–Crippen MR) is 73.2 cm³/mol. The quantitative estimate of drug-likeness (QED) is 0.853. The summed E-state index contributed by atoms with van der Waals surface area (Å²) in [5.74, 6) is -0.533. The van der Waals surface area contributed by atoms with Crippen LogP contribution in [-0.4, -0.2) is 17.9 Å². The van der Waals surface area contributed by atoms with Crippen molar-refractivity contribution in [2.75, 3.05) is 0 Å². The molecule has 3 rings (SSSR count). The number of Topliss-reactive ketones (excluding diaryl/α,β-unsaturated/α-hetero) is 1. The fourth-order valence-electron chi connectivity index (χ4n) is 3.51. The van der Waals surface area contributed by atoms with Crippen molar-refractivity contribution in [1.29, 1.82) is 5.26 Å². The first-order valence-corrected chi connectivity index (χ1v) is 7.29. The molecule has 0 aliphatic carbocycles. The summed E-state index contributed by atoms with van der Waals surface area (Å²) in [7, 11) is 0. The zero-order valence-electron chi connectivity index (χ0n) is 11.8. The van der Waals surface area contributed by atoms with Crippen LogP contribution >= 0.6 is 0 Å². The molecular weight excluding hydrogens is 293 g/mol. The Bertz CT molecular complexity index is 636. The largest absolute Gasteiger partial charge is 0.416 e. The number of halogens is 3. The second-order valence-corrected chi connectivity index (χ2v) is 6.08. The van der Waals surface area contributed by atoms with E-state index in [1.54, 1.807) is 6.07 Å². The number of benzene rings is 1. The third-order valence-corrected chi connectivity index (χ3v) is 4.52. The Kier molecular flexibility index (Phi) is 3.69. The lowest BCUT2D eigenvalue weighted by atomic mass is 9.85. The first-order valence-electron chi connectivity index (χ1n) is 7.29. The maximum Gasteiger partial charge on any atom is 0.416 e. The molecule has 6 heteroatoms. The van der Waals surface area contributed by atoms with Crippen molar-refractivity contribution in [2.45, 2.75) is 43.9 Å². The molecule has 2 unspecified atom stereocenters. The average Bonchev–Trinajstić information content (AvgIpc) is 2.83. The molecule has 116 valence electrons. The molecule has 0 radical (unpaired) electrons. The topological polar surface area (TPSA) is 52.9 Å². The monoisotopic (exact) mass is 308 g/mol. The van der Waals surface area contributed by atoms with Crippen molar-refractivity contribution in [3.8, 4) is 6.07 Å². The molecule has 1 aromatic carbocycles. The lowest BCUT2D eigenvalue weighted by Gasteiger charge is -2.28. The van der Waals surface area contributed by atoms with Crippen LogP contribution in [-0.2, 0) is 6.18 Å². The van der Waals surface area contributed by atoms with E-state index in [1.165, 1.54) is 6.07 Å². The number of carbonyl (C=O) groups excluding carboxylic acids is 1. The van der Waals surface area contributed by atoms with E-state index in [2.05, 4.69) is 5.32 Å². The van der Waals surface area contributed by atoms with E-state index in [9.17, 15) is 18.0 Å². The number of piperidine rings is 1. The number of nitrogens with zero attached hydrogens (tertiary/aromatic N) is 1. The molecule has 2 atom stereocenters. The molecule has 2 fully saturated rings. The normalized spacial score (nSPS) is 27.5. The van der Waals surface area contributed by atoms with E-state index >= 15 is 0 Å². The number of nitrogens with one attached hydrogen (secondary N) is 1. The van der Waals surface area contributed by atoms with Crippen LogP contribution < -0.4 is 5.32 Å². The summed E-state index contributed by atoms with van der Waals surface area (Å²) in [6.45, 7) is 0.